The summed E-state index contributed by atoms with van der Waals surface area (Å²) in [6, 6.07) is 6.57. The average molecular weight is 313 g/mol. The van der Waals surface area contributed by atoms with Crippen LogP contribution in [0.4, 0.5) is 0 Å². The van der Waals surface area contributed by atoms with E-state index < -0.39 is 10.1 Å². The van der Waals surface area contributed by atoms with Crippen molar-refractivity contribution in [1.82, 2.24) is 5.32 Å². The minimum absolute atomic E-state index is 0.173. The van der Waals surface area contributed by atoms with Gasteiger partial charge >= 0.3 is 0 Å². The molecule has 5 nitrogen and oxygen atoms in total. The van der Waals surface area contributed by atoms with Crippen LogP contribution in [-0.2, 0) is 20.1 Å². The SMILES string of the molecule is CCCOS(=O)(=O)Cc1cccc(C(=O)NC(C)(C)C)c1. The fraction of sp³-hybridized carbons (Fsp3) is 0.533. The van der Waals surface area contributed by atoms with Gasteiger partial charge in [-0.05, 0) is 44.9 Å². The van der Waals surface area contributed by atoms with Gasteiger partial charge in [0.2, 0.25) is 0 Å². The highest BCUT2D eigenvalue weighted by Crippen LogP contribution is 2.12. The number of nitrogens with one attached hydrogen (secondary N) is 1. The zero-order valence-electron chi connectivity index (χ0n) is 13.0. The normalized spacial score (nSPS) is 12.2. The van der Waals surface area contributed by atoms with E-state index in [1.54, 1.807) is 24.3 Å². The maximum absolute atomic E-state index is 12.1. The lowest BCUT2D eigenvalue weighted by atomic mass is 10.1. The largest absolute Gasteiger partial charge is 0.347 e. The summed E-state index contributed by atoms with van der Waals surface area (Å²) in [5, 5.41) is 2.84. The van der Waals surface area contributed by atoms with Gasteiger partial charge in [-0.15, -0.1) is 0 Å². The molecule has 0 aliphatic carbocycles. The molecule has 0 aliphatic rings. The van der Waals surface area contributed by atoms with E-state index in [0.717, 1.165) is 0 Å². The molecular formula is C15H23NO4S. The van der Waals surface area contributed by atoms with Crippen LogP contribution in [0, 0.1) is 0 Å². The highest BCUT2D eigenvalue weighted by atomic mass is 32.2. The molecule has 0 saturated carbocycles. The van der Waals surface area contributed by atoms with Crippen LogP contribution in [0.3, 0.4) is 0 Å². The van der Waals surface area contributed by atoms with Crippen LogP contribution < -0.4 is 5.32 Å². The van der Waals surface area contributed by atoms with Gasteiger partial charge in [0.25, 0.3) is 16.0 Å². The molecule has 0 heterocycles. The smallest absolute Gasteiger partial charge is 0.271 e. The van der Waals surface area contributed by atoms with Gasteiger partial charge in [-0.1, -0.05) is 19.1 Å². The minimum Gasteiger partial charge on any atom is -0.347 e. The third-order valence-corrected chi connectivity index (χ3v) is 3.70. The number of amides is 1. The highest BCUT2D eigenvalue weighted by Gasteiger charge is 2.17. The Balaban J connectivity index is 2.84. The van der Waals surface area contributed by atoms with Crippen molar-refractivity contribution in [2.75, 3.05) is 6.61 Å². The van der Waals surface area contributed by atoms with Gasteiger partial charge in [0.15, 0.2) is 0 Å². The molecule has 0 saturated heterocycles. The lowest BCUT2D eigenvalue weighted by Crippen LogP contribution is -2.40. The summed E-state index contributed by atoms with van der Waals surface area (Å²) in [5.74, 6) is -0.458. The van der Waals surface area contributed by atoms with E-state index in [1.807, 2.05) is 27.7 Å². The summed E-state index contributed by atoms with van der Waals surface area (Å²) in [6.07, 6.45) is 0.632. The zero-order valence-corrected chi connectivity index (χ0v) is 13.8. The molecule has 1 rings (SSSR count). The summed E-state index contributed by atoms with van der Waals surface area (Å²) < 4.78 is 28.3. The van der Waals surface area contributed by atoms with Gasteiger partial charge in [0, 0.05) is 11.1 Å². The number of rotatable bonds is 6. The Bertz CT molecular complexity index is 588. The second-order valence-corrected chi connectivity index (χ2v) is 7.57. The molecule has 0 atom stereocenters. The van der Waals surface area contributed by atoms with E-state index in [1.165, 1.54) is 0 Å². The predicted octanol–water partition coefficient (Wildman–Crippen LogP) is 2.47. The number of carbonyl (C=O) groups is 1. The van der Waals surface area contributed by atoms with Crippen molar-refractivity contribution < 1.29 is 17.4 Å². The van der Waals surface area contributed by atoms with Gasteiger partial charge < -0.3 is 5.32 Å². The first-order valence-corrected chi connectivity index (χ1v) is 8.49. The molecular weight excluding hydrogens is 290 g/mol. The summed E-state index contributed by atoms with van der Waals surface area (Å²) in [4.78, 5) is 12.1. The Morgan fingerprint density at radius 1 is 1.29 bits per heavy atom. The van der Waals surface area contributed by atoms with Crippen molar-refractivity contribution >= 4 is 16.0 Å². The molecule has 0 spiro atoms. The van der Waals surface area contributed by atoms with Gasteiger partial charge in [-0.2, -0.15) is 8.42 Å². The second-order valence-electron chi connectivity index (χ2n) is 5.93. The maximum atomic E-state index is 12.1. The highest BCUT2D eigenvalue weighted by molar-refractivity contribution is 7.85. The number of hydrogen-bond donors (Lipinski definition) is 1. The molecule has 1 amide bonds. The average Bonchev–Trinajstić information content (AvgIpc) is 2.34. The van der Waals surface area contributed by atoms with Crippen LogP contribution >= 0.6 is 0 Å². The van der Waals surface area contributed by atoms with Crippen LogP contribution in [0.15, 0.2) is 24.3 Å². The fourth-order valence-electron chi connectivity index (χ4n) is 1.67. The van der Waals surface area contributed by atoms with Crippen LogP contribution in [0.5, 0.6) is 0 Å². The van der Waals surface area contributed by atoms with Gasteiger partial charge in [-0.25, -0.2) is 0 Å². The quantitative estimate of drug-likeness (QED) is 0.819. The van der Waals surface area contributed by atoms with Crippen molar-refractivity contribution in [3.05, 3.63) is 35.4 Å². The third kappa shape index (κ3) is 6.73. The second kappa shape index (κ2) is 7.04. The molecule has 118 valence electrons. The van der Waals surface area contributed by atoms with Gasteiger partial charge in [-0.3, -0.25) is 8.98 Å². The van der Waals surface area contributed by atoms with Crippen molar-refractivity contribution in [3.8, 4) is 0 Å². The van der Waals surface area contributed by atoms with Crippen molar-refractivity contribution in [3.63, 3.8) is 0 Å². The van der Waals surface area contributed by atoms with Crippen LogP contribution in [0.25, 0.3) is 0 Å². The first kappa shape index (κ1) is 17.7. The first-order chi connectivity index (χ1) is 9.63. The molecule has 0 radical (unpaired) electrons. The maximum Gasteiger partial charge on any atom is 0.271 e. The lowest BCUT2D eigenvalue weighted by Gasteiger charge is -2.20. The molecule has 0 aromatic heterocycles. The van der Waals surface area contributed by atoms with E-state index in [0.29, 0.717) is 17.5 Å². The molecule has 0 unspecified atom stereocenters. The molecule has 0 bridgehead atoms. The summed E-state index contributed by atoms with van der Waals surface area (Å²) in [6.45, 7) is 7.67. The summed E-state index contributed by atoms with van der Waals surface area (Å²) in [5.41, 5.74) is 0.629. The Labute approximate surface area is 126 Å². The molecule has 21 heavy (non-hydrogen) atoms. The van der Waals surface area contributed by atoms with Crippen molar-refractivity contribution in [2.24, 2.45) is 0 Å². The van der Waals surface area contributed by atoms with E-state index in [4.69, 9.17) is 4.18 Å². The van der Waals surface area contributed by atoms with Gasteiger partial charge in [0.1, 0.15) is 5.75 Å². The van der Waals surface area contributed by atoms with Crippen LogP contribution in [-0.4, -0.2) is 26.5 Å². The fourth-order valence-corrected chi connectivity index (χ4v) is 2.76. The molecule has 0 fully saturated rings. The zero-order chi connectivity index (χ0) is 16.1. The predicted molar refractivity (Wildman–Crippen MR) is 82.5 cm³/mol. The number of hydrogen-bond acceptors (Lipinski definition) is 4. The number of carbonyl (C=O) groups excluding carboxylic acids is 1. The Morgan fingerprint density at radius 3 is 2.52 bits per heavy atom. The third-order valence-electron chi connectivity index (χ3n) is 2.49. The molecule has 6 heteroatoms. The van der Waals surface area contributed by atoms with Crippen LogP contribution in [0.1, 0.15) is 50.0 Å². The summed E-state index contributed by atoms with van der Waals surface area (Å²) >= 11 is 0. The number of benzene rings is 1. The Kier molecular flexibility index (Phi) is 5.92. The van der Waals surface area contributed by atoms with Crippen LogP contribution in [0.2, 0.25) is 0 Å². The van der Waals surface area contributed by atoms with Gasteiger partial charge in [0.05, 0.1) is 6.61 Å². The van der Waals surface area contributed by atoms with Crippen molar-refractivity contribution in [1.29, 1.82) is 0 Å². The topological polar surface area (TPSA) is 72.5 Å². The molecule has 0 aliphatic heterocycles. The Hall–Kier alpha value is -1.40. The standard InChI is InChI=1S/C15H23NO4S/c1-5-9-20-21(18,19)11-12-7-6-8-13(10-12)14(17)16-15(2,3)4/h6-8,10H,5,9,11H2,1-4H3,(H,16,17). The van der Waals surface area contributed by atoms with Crippen molar-refractivity contribution in [2.45, 2.75) is 45.4 Å². The lowest BCUT2D eigenvalue weighted by molar-refractivity contribution is 0.0919. The monoisotopic (exact) mass is 313 g/mol. The van der Waals surface area contributed by atoms with E-state index in [-0.39, 0.29) is 23.8 Å². The summed E-state index contributed by atoms with van der Waals surface area (Å²) in [7, 11) is -3.61. The molecule has 1 aromatic carbocycles. The molecule has 1 aromatic rings. The Morgan fingerprint density at radius 2 is 1.95 bits per heavy atom. The van der Waals surface area contributed by atoms with E-state index in [2.05, 4.69) is 5.32 Å². The van der Waals surface area contributed by atoms with E-state index >= 15 is 0 Å². The first-order valence-electron chi connectivity index (χ1n) is 6.91. The van der Waals surface area contributed by atoms with E-state index in [9.17, 15) is 13.2 Å². The minimum atomic E-state index is -3.61. The molecule has 1 N–H and O–H groups in total.